The average molecular weight is 243 g/mol. The summed E-state index contributed by atoms with van der Waals surface area (Å²) in [5.41, 5.74) is 5.38. The number of nitrogens with two attached hydrogens (primary N) is 1. The molecule has 4 N–H and O–H groups in total. The van der Waals surface area contributed by atoms with Gasteiger partial charge in [-0.05, 0) is 51.7 Å². The van der Waals surface area contributed by atoms with Crippen LogP contribution in [0.15, 0.2) is 0 Å². The van der Waals surface area contributed by atoms with Crippen LogP contribution in [-0.2, 0) is 4.79 Å². The predicted molar refractivity (Wildman–Crippen MR) is 72.8 cm³/mol. The van der Waals surface area contributed by atoms with Crippen LogP contribution in [0.25, 0.3) is 0 Å². The molecule has 4 heteroatoms. The second kappa shape index (κ2) is 10.5. The molecule has 0 spiro atoms. The zero-order valence-corrected chi connectivity index (χ0v) is 11.6. The van der Waals surface area contributed by atoms with E-state index in [2.05, 4.69) is 24.5 Å². The summed E-state index contributed by atoms with van der Waals surface area (Å²) in [4.78, 5) is 11.2. The molecule has 0 rings (SSSR count). The topological polar surface area (TPSA) is 67.2 Å². The summed E-state index contributed by atoms with van der Waals surface area (Å²) in [5, 5.41) is 6.36. The molecule has 0 aliphatic heterocycles. The van der Waals surface area contributed by atoms with Crippen LogP contribution in [0.5, 0.6) is 0 Å². The molecule has 0 aromatic rings. The van der Waals surface area contributed by atoms with E-state index in [9.17, 15) is 4.79 Å². The third kappa shape index (κ3) is 10.3. The molecule has 0 bridgehead atoms. The Hall–Kier alpha value is -0.610. The quantitative estimate of drug-likeness (QED) is 0.479. The first-order valence-electron chi connectivity index (χ1n) is 6.75. The second-order valence-electron chi connectivity index (χ2n) is 5.04. The van der Waals surface area contributed by atoms with E-state index in [1.807, 2.05) is 7.05 Å². The lowest BCUT2D eigenvalue weighted by Gasteiger charge is -2.15. The van der Waals surface area contributed by atoms with Crippen LogP contribution in [0.3, 0.4) is 0 Å². The minimum Gasteiger partial charge on any atom is -0.368 e. The van der Waals surface area contributed by atoms with E-state index in [4.69, 9.17) is 5.73 Å². The van der Waals surface area contributed by atoms with Gasteiger partial charge < -0.3 is 16.4 Å². The van der Waals surface area contributed by atoms with Gasteiger partial charge in [0.2, 0.25) is 5.91 Å². The van der Waals surface area contributed by atoms with Crippen molar-refractivity contribution in [2.45, 2.75) is 52.0 Å². The molecule has 4 nitrogen and oxygen atoms in total. The number of amides is 1. The molecule has 0 saturated carbocycles. The molecule has 0 aliphatic carbocycles. The number of hydrogen-bond donors (Lipinski definition) is 3. The molecule has 0 aliphatic rings. The number of carbonyl (C=O) groups is 1. The Kier molecular flexibility index (Phi) is 10.2. The molecule has 0 aromatic carbocycles. The van der Waals surface area contributed by atoms with Gasteiger partial charge >= 0.3 is 0 Å². The molecular weight excluding hydrogens is 214 g/mol. The number of hydrogen-bond acceptors (Lipinski definition) is 3. The molecule has 0 fully saturated rings. The van der Waals surface area contributed by atoms with Gasteiger partial charge in [0.25, 0.3) is 0 Å². The van der Waals surface area contributed by atoms with Gasteiger partial charge in [-0.3, -0.25) is 4.79 Å². The highest BCUT2D eigenvalue weighted by atomic mass is 16.1. The lowest BCUT2D eigenvalue weighted by atomic mass is 10.1. The average Bonchev–Trinajstić information content (AvgIpc) is 2.26. The Balaban J connectivity index is 3.64. The van der Waals surface area contributed by atoms with Gasteiger partial charge in [-0.2, -0.15) is 0 Å². The van der Waals surface area contributed by atoms with Gasteiger partial charge in [0.1, 0.15) is 0 Å². The van der Waals surface area contributed by atoms with Gasteiger partial charge in [0.05, 0.1) is 6.04 Å². The minimum atomic E-state index is -0.223. The SMILES string of the molecule is CNCCCC[C@H](NCCCC(C)C)C(N)=O. The highest BCUT2D eigenvalue weighted by molar-refractivity contribution is 5.79. The first-order valence-corrected chi connectivity index (χ1v) is 6.75. The van der Waals surface area contributed by atoms with Crippen LogP contribution < -0.4 is 16.4 Å². The van der Waals surface area contributed by atoms with Crippen molar-refractivity contribution in [3.63, 3.8) is 0 Å². The number of primary amides is 1. The summed E-state index contributed by atoms with van der Waals surface area (Å²) >= 11 is 0. The summed E-state index contributed by atoms with van der Waals surface area (Å²) in [6.45, 7) is 6.31. The fourth-order valence-electron chi connectivity index (χ4n) is 1.78. The zero-order valence-electron chi connectivity index (χ0n) is 11.6. The fraction of sp³-hybridized carbons (Fsp3) is 0.923. The Bertz CT molecular complexity index is 195. The van der Waals surface area contributed by atoms with Gasteiger partial charge in [0.15, 0.2) is 0 Å². The van der Waals surface area contributed by atoms with Crippen molar-refractivity contribution in [2.24, 2.45) is 11.7 Å². The van der Waals surface area contributed by atoms with E-state index >= 15 is 0 Å². The van der Waals surface area contributed by atoms with Crippen molar-refractivity contribution in [3.05, 3.63) is 0 Å². The third-order valence-electron chi connectivity index (χ3n) is 2.86. The van der Waals surface area contributed by atoms with Crippen molar-refractivity contribution in [2.75, 3.05) is 20.1 Å². The molecule has 0 saturated heterocycles. The third-order valence-corrected chi connectivity index (χ3v) is 2.86. The number of rotatable bonds is 11. The van der Waals surface area contributed by atoms with E-state index in [-0.39, 0.29) is 11.9 Å². The summed E-state index contributed by atoms with van der Waals surface area (Å²) in [6, 6.07) is -0.154. The van der Waals surface area contributed by atoms with Crippen molar-refractivity contribution in [1.29, 1.82) is 0 Å². The van der Waals surface area contributed by atoms with E-state index in [0.29, 0.717) is 0 Å². The van der Waals surface area contributed by atoms with Crippen LogP contribution >= 0.6 is 0 Å². The monoisotopic (exact) mass is 243 g/mol. The highest BCUT2D eigenvalue weighted by Crippen LogP contribution is 2.04. The Morgan fingerprint density at radius 1 is 1.12 bits per heavy atom. The van der Waals surface area contributed by atoms with Gasteiger partial charge in [-0.25, -0.2) is 0 Å². The van der Waals surface area contributed by atoms with Crippen LogP contribution in [-0.4, -0.2) is 32.1 Å². The minimum absolute atomic E-state index is 0.154. The molecule has 1 amide bonds. The summed E-state index contributed by atoms with van der Waals surface area (Å²) in [7, 11) is 1.94. The molecular formula is C13H29N3O. The first kappa shape index (κ1) is 16.4. The molecule has 0 heterocycles. The van der Waals surface area contributed by atoms with E-state index in [1.54, 1.807) is 0 Å². The molecule has 0 unspecified atom stereocenters. The van der Waals surface area contributed by atoms with E-state index in [1.165, 1.54) is 6.42 Å². The van der Waals surface area contributed by atoms with Crippen LogP contribution in [0, 0.1) is 5.92 Å². The van der Waals surface area contributed by atoms with Crippen molar-refractivity contribution >= 4 is 5.91 Å². The van der Waals surface area contributed by atoms with Crippen molar-refractivity contribution < 1.29 is 4.79 Å². The Labute approximate surface area is 106 Å². The maximum Gasteiger partial charge on any atom is 0.234 e. The molecule has 102 valence electrons. The Morgan fingerprint density at radius 2 is 1.82 bits per heavy atom. The van der Waals surface area contributed by atoms with E-state index < -0.39 is 0 Å². The van der Waals surface area contributed by atoms with Crippen LogP contribution in [0.4, 0.5) is 0 Å². The standard InChI is InChI=1S/C13H29N3O/c1-11(2)7-6-10-16-12(13(14)17)8-4-5-9-15-3/h11-12,15-16H,4-10H2,1-3H3,(H2,14,17)/t12-/m0/s1. The number of unbranched alkanes of at least 4 members (excludes halogenated alkanes) is 1. The van der Waals surface area contributed by atoms with Gasteiger partial charge in [0, 0.05) is 0 Å². The van der Waals surface area contributed by atoms with Gasteiger partial charge in [-0.15, -0.1) is 0 Å². The smallest absolute Gasteiger partial charge is 0.234 e. The molecule has 0 aromatic heterocycles. The van der Waals surface area contributed by atoms with Crippen molar-refractivity contribution in [3.8, 4) is 0 Å². The zero-order chi connectivity index (χ0) is 13.1. The lowest BCUT2D eigenvalue weighted by Crippen LogP contribution is -2.41. The second-order valence-corrected chi connectivity index (χ2v) is 5.04. The first-order chi connectivity index (χ1) is 8.07. The summed E-state index contributed by atoms with van der Waals surface area (Å²) in [6.07, 6.45) is 5.27. The maximum absolute atomic E-state index is 11.2. The number of carbonyl (C=O) groups excluding carboxylic acids is 1. The maximum atomic E-state index is 11.2. The molecule has 1 atom stereocenters. The largest absolute Gasteiger partial charge is 0.368 e. The molecule has 17 heavy (non-hydrogen) atoms. The predicted octanol–water partition coefficient (Wildman–Crippen LogP) is 1.26. The molecule has 0 radical (unpaired) electrons. The van der Waals surface area contributed by atoms with Crippen LogP contribution in [0.1, 0.15) is 46.0 Å². The highest BCUT2D eigenvalue weighted by Gasteiger charge is 2.13. The van der Waals surface area contributed by atoms with Gasteiger partial charge in [-0.1, -0.05) is 20.3 Å². The van der Waals surface area contributed by atoms with E-state index in [0.717, 1.165) is 44.7 Å². The lowest BCUT2D eigenvalue weighted by molar-refractivity contribution is -0.120. The van der Waals surface area contributed by atoms with Crippen LogP contribution in [0.2, 0.25) is 0 Å². The van der Waals surface area contributed by atoms with Crippen molar-refractivity contribution in [1.82, 2.24) is 10.6 Å². The summed E-state index contributed by atoms with van der Waals surface area (Å²) in [5.74, 6) is 0.499. The normalized spacial score (nSPS) is 12.9. The fourth-order valence-corrected chi connectivity index (χ4v) is 1.78. The number of nitrogens with one attached hydrogen (secondary N) is 2. The summed E-state index contributed by atoms with van der Waals surface area (Å²) < 4.78 is 0. The Morgan fingerprint density at radius 3 is 2.35 bits per heavy atom.